The predicted octanol–water partition coefficient (Wildman–Crippen LogP) is 3.74. The van der Waals surface area contributed by atoms with Crippen molar-refractivity contribution >= 4 is 51.7 Å². The highest BCUT2D eigenvalue weighted by molar-refractivity contribution is 8.26. The molecular weight excluding hydrogens is 444 g/mol. The summed E-state index contributed by atoms with van der Waals surface area (Å²) >= 11 is 6.80. The number of thioether (sulfide) groups is 1. The molecule has 0 bridgehead atoms. The van der Waals surface area contributed by atoms with Crippen LogP contribution in [0, 0.1) is 6.92 Å². The first-order valence-electron chi connectivity index (χ1n) is 11.2. The number of fused-ring (bicyclic) bond motifs is 1. The Morgan fingerprint density at radius 1 is 1.25 bits per heavy atom. The van der Waals surface area contributed by atoms with E-state index in [9.17, 15) is 9.59 Å². The molecule has 1 amide bonds. The van der Waals surface area contributed by atoms with Crippen LogP contribution in [0.25, 0.3) is 11.7 Å². The van der Waals surface area contributed by atoms with Crippen molar-refractivity contribution in [2.45, 2.75) is 57.6 Å². The van der Waals surface area contributed by atoms with E-state index in [-0.39, 0.29) is 23.6 Å². The van der Waals surface area contributed by atoms with E-state index in [4.69, 9.17) is 21.9 Å². The van der Waals surface area contributed by atoms with Crippen LogP contribution >= 0.6 is 24.0 Å². The molecule has 7 nitrogen and oxygen atoms in total. The topological polar surface area (TPSA) is 75.9 Å². The Hall–Kier alpha value is -2.23. The van der Waals surface area contributed by atoms with Gasteiger partial charge in [-0.05, 0) is 50.3 Å². The number of anilines is 1. The lowest BCUT2D eigenvalue weighted by Gasteiger charge is -2.21. The lowest BCUT2D eigenvalue weighted by molar-refractivity contribution is -0.123. The fraction of sp³-hybridized carbons (Fsp3) is 0.478. The molecule has 0 aromatic carbocycles. The minimum absolute atomic E-state index is 0.0988. The summed E-state index contributed by atoms with van der Waals surface area (Å²) in [6.45, 7) is 3.26. The lowest BCUT2D eigenvalue weighted by atomic mass is 10.2. The van der Waals surface area contributed by atoms with Gasteiger partial charge in [0.25, 0.3) is 11.5 Å². The highest BCUT2D eigenvalue weighted by Crippen LogP contribution is 2.38. The van der Waals surface area contributed by atoms with E-state index in [2.05, 4.69) is 5.32 Å². The Bertz CT molecular complexity index is 1160. The van der Waals surface area contributed by atoms with Gasteiger partial charge in [-0.3, -0.25) is 18.9 Å². The van der Waals surface area contributed by atoms with Crippen LogP contribution in [0.1, 0.15) is 49.7 Å². The summed E-state index contributed by atoms with van der Waals surface area (Å²) in [5.74, 6) is 0.367. The molecule has 1 atom stereocenters. The van der Waals surface area contributed by atoms with Crippen molar-refractivity contribution in [3.05, 3.63) is 44.7 Å². The average molecular weight is 471 g/mol. The van der Waals surface area contributed by atoms with Crippen molar-refractivity contribution in [1.82, 2.24) is 14.3 Å². The molecule has 2 aliphatic heterocycles. The van der Waals surface area contributed by atoms with Crippen LogP contribution in [0.15, 0.2) is 28.0 Å². The van der Waals surface area contributed by atoms with E-state index in [0.29, 0.717) is 32.8 Å². The summed E-state index contributed by atoms with van der Waals surface area (Å²) in [5.41, 5.74) is 1.68. The van der Waals surface area contributed by atoms with Crippen LogP contribution in [0.4, 0.5) is 5.82 Å². The molecule has 9 heteroatoms. The SMILES string of the molecule is Cc1ccc2nc(NCC3CCCO3)c(/C=C3/SC(=S)N(C4CCCC4)C3=O)c(=O)n2c1. The molecule has 3 aliphatic rings. The molecule has 32 heavy (non-hydrogen) atoms. The standard InChI is InChI=1S/C23H26N4O3S2/c1-14-8-9-19-25-20(24-12-16-7-4-10-30-16)17(21(28)26(19)13-14)11-18-22(29)27(23(31)32-18)15-5-2-3-6-15/h8-9,11,13,15-16,24H,2-7,10,12H2,1H3/b18-11+. The number of hydrogen-bond acceptors (Lipinski definition) is 7. The molecule has 2 aromatic rings. The first kappa shape index (κ1) is 21.6. The number of rotatable bonds is 5. The van der Waals surface area contributed by atoms with Crippen molar-refractivity contribution in [2.24, 2.45) is 0 Å². The number of hydrogen-bond donors (Lipinski definition) is 1. The second-order valence-electron chi connectivity index (χ2n) is 8.62. The number of nitrogens with zero attached hydrogens (tertiary/aromatic N) is 3. The number of ether oxygens (including phenoxy) is 1. The van der Waals surface area contributed by atoms with Crippen molar-refractivity contribution in [3.8, 4) is 0 Å². The van der Waals surface area contributed by atoms with Gasteiger partial charge in [-0.2, -0.15) is 0 Å². The Morgan fingerprint density at radius 3 is 2.81 bits per heavy atom. The van der Waals surface area contributed by atoms with E-state index in [1.54, 1.807) is 17.2 Å². The number of amides is 1. The second kappa shape index (κ2) is 8.96. The van der Waals surface area contributed by atoms with Crippen LogP contribution in [0.5, 0.6) is 0 Å². The summed E-state index contributed by atoms with van der Waals surface area (Å²) in [7, 11) is 0. The number of carbonyl (C=O) groups excluding carboxylic acids is 1. The van der Waals surface area contributed by atoms with Crippen molar-refractivity contribution in [3.63, 3.8) is 0 Å². The molecular formula is C23H26N4O3S2. The zero-order chi connectivity index (χ0) is 22.2. The van der Waals surface area contributed by atoms with Crippen molar-refractivity contribution in [2.75, 3.05) is 18.5 Å². The fourth-order valence-corrected chi connectivity index (χ4v) is 6.01. The second-order valence-corrected chi connectivity index (χ2v) is 10.3. The molecule has 2 saturated heterocycles. The third-order valence-corrected chi connectivity index (χ3v) is 7.65. The largest absolute Gasteiger partial charge is 0.376 e. The van der Waals surface area contributed by atoms with E-state index in [0.717, 1.165) is 50.7 Å². The molecule has 0 radical (unpaired) electrons. The maximum atomic E-state index is 13.5. The van der Waals surface area contributed by atoms with Gasteiger partial charge >= 0.3 is 0 Å². The normalized spacial score (nSPS) is 23.2. The molecule has 1 aliphatic carbocycles. The molecule has 2 aromatic heterocycles. The van der Waals surface area contributed by atoms with Gasteiger partial charge in [-0.25, -0.2) is 4.98 Å². The minimum Gasteiger partial charge on any atom is -0.376 e. The van der Waals surface area contributed by atoms with E-state index >= 15 is 0 Å². The predicted molar refractivity (Wildman–Crippen MR) is 131 cm³/mol. The highest BCUT2D eigenvalue weighted by atomic mass is 32.2. The molecule has 168 valence electrons. The maximum absolute atomic E-state index is 13.5. The summed E-state index contributed by atoms with van der Waals surface area (Å²) in [6.07, 6.45) is 9.75. The van der Waals surface area contributed by atoms with Crippen LogP contribution in [-0.4, -0.2) is 49.8 Å². The number of aryl methyl sites for hydroxylation is 1. The van der Waals surface area contributed by atoms with Gasteiger partial charge in [0.2, 0.25) is 0 Å². The Balaban J connectivity index is 1.54. The van der Waals surface area contributed by atoms with E-state index < -0.39 is 0 Å². The van der Waals surface area contributed by atoms with Gasteiger partial charge in [-0.15, -0.1) is 0 Å². The number of thiocarbonyl (C=S) groups is 1. The first-order chi connectivity index (χ1) is 15.5. The number of pyridine rings is 1. The summed E-state index contributed by atoms with van der Waals surface area (Å²) in [4.78, 5) is 33.6. The van der Waals surface area contributed by atoms with Crippen molar-refractivity contribution in [1.29, 1.82) is 0 Å². The third-order valence-electron chi connectivity index (χ3n) is 6.32. The Kier molecular flexibility index (Phi) is 6.05. The van der Waals surface area contributed by atoms with Gasteiger partial charge < -0.3 is 10.1 Å². The molecule has 1 saturated carbocycles. The van der Waals surface area contributed by atoms with Gasteiger partial charge in [-0.1, -0.05) is 42.9 Å². The van der Waals surface area contributed by atoms with Gasteiger partial charge in [0.15, 0.2) is 0 Å². The number of carbonyl (C=O) groups is 1. The Morgan fingerprint density at radius 2 is 2.06 bits per heavy atom. The zero-order valence-electron chi connectivity index (χ0n) is 18.0. The fourth-order valence-electron chi connectivity index (χ4n) is 4.63. The smallest absolute Gasteiger partial charge is 0.267 e. The van der Waals surface area contributed by atoms with Crippen LogP contribution < -0.4 is 10.9 Å². The van der Waals surface area contributed by atoms with Crippen LogP contribution in [0.2, 0.25) is 0 Å². The van der Waals surface area contributed by atoms with Crippen molar-refractivity contribution < 1.29 is 9.53 Å². The zero-order valence-corrected chi connectivity index (χ0v) is 19.6. The summed E-state index contributed by atoms with van der Waals surface area (Å²) in [5, 5.41) is 3.31. The van der Waals surface area contributed by atoms with E-state index in [1.807, 2.05) is 19.1 Å². The van der Waals surface area contributed by atoms with Gasteiger partial charge in [0.1, 0.15) is 15.8 Å². The van der Waals surface area contributed by atoms with Gasteiger partial charge in [0, 0.05) is 25.4 Å². The number of nitrogens with one attached hydrogen (secondary N) is 1. The maximum Gasteiger partial charge on any atom is 0.267 e. The summed E-state index contributed by atoms with van der Waals surface area (Å²) < 4.78 is 7.83. The third kappa shape index (κ3) is 4.09. The highest BCUT2D eigenvalue weighted by Gasteiger charge is 2.38. The summed E-state index contributed by atoms with van der Waals surface area (Å²) in [6, 6.07) is 3.93. The molecule has 1 unspecified atom stereocenters. The monoisotopic (exact) mass is 470 g/mol. The molecule has 5 rings (SSSR count). The molecule has 3 fully saturated rings. The van der Waals surface area contributed by atoms with E-state index in [1.165, 1.54) is 16.2 Å². The van der Waals surface area contributed by atoms with Gasteiger partial charge in [0.05, 0.1) is 16.6 Å². The van der Waals surface area contributed by atoms with Crippen LogP contribution in [0.3, 0.4) is 0 Å². The lowest BCUT2D eigenvalue weighted by Crippen LogP contribution is -2.36. The quantitative estimate of drug-likeness (QED) is 0.527. The molecule has 4 heterocycles. The first-order valence-corrected chi connectivity index (χ1v) is 12.4. The average Bonchev–Trinajstić information content (AvgIpc) is 3.52. The molecule has 1 N–H and O–H groups in total. The molecule has 0 spiro atoms. The van der Waals surface area contributed by atoms with Crippen LogP contribution in [-0.2, 0) is 9.53 Å². The Labute approximate surface area is 196 Å². The minimum atomic E-state index is -0.209. The number of aromatic nitrogens is 2.